The topological polar surface area (TPSA) is 61.6 Å². The minimum absolute atomic E-state index is 0.0166. The van der Waals surface area contributed by atoms with Crippen LogP contribution in [-0.4, -0.2) is 43.5 Å². The number of hydrogen-bond donors (Lipinski definition) is 2. The van der Waals surface area contributed by atoms with Crippen molar-refractivity contribution < 1.29 is 4.79 Å². The fourth-order valence-electron chi connectivity index (χ4n) is 2.77. The molecular formula is C18H22N4O. The van der Waals surface area contributed by atoms with Gasteiger partial charge in [-0.1, -0.05) is 18.2 Å². The number of anilines is 3. The van der Waals surface area contributed by atoms with Gasteiger partial charge in [0.2, 0.25) is 5.91 Å². The summed E-state index contributed by atoms with van der Waals surface area (Å²) in [5.41, 5.74) is 8.37. The number of nitrogens with one attached hydrogen (secondary N) is 1. The van der Waals surface area contributed by atoms with Gasteiger partial charge in [0, 0.05) is 43.2 Å². The third-order valence-electron chi connectivity index (χ3n) is 4.06. The molecule has 1 aliphatic heterocycles. The highest BCUT2D eigenvalue weighted by Crippen LogP contribution is 2.15. The Balaban J connectivity index is 1.47. The van der Waals surface area contributed by atoms with Gasteiger partial charge in [-0.15, -0.1) is 0 Å². The first-order valence-electron chi connectivity index (χ1n) is 7.88. The number of para-hydroxylation sites is 1. The Labute approximate surface area is 136 Å². The molecule has 5 heteroatoms. The molecule has 1 aliphatic rings. The van der Waals surface area contributed by atoms with Gasteiger partial charge >= 0.3 is 0 Å². The first-order chi connectivity index (χ1) is 11.2. The van der Waals surface area contributed by atoms with Crippen LogP contribution in [0.3, 0.4) is 0 Å². The minimum atomic E-state index is 0.0166. The molecule has 0 aromatic heterocycles. The summed E-state index contributed by atoms with van der Waals surface area (Å²) in [4.78, 5) is 16.7. The van der Waals surface area contributed by atoms with Gasteiger partial charge in [0.1, 0.15) is 0 Å². The minimum Gasteiger partial charge on any atom is -0.399 e. The summed E-state index contributed by atoms with van der Waals surface area (Å²) in [6.45, 7) is 4.10. The predicted octanol–water partition coefficient (Wildman–Crippen LogP) is 2.03. The summed E-state index contributed by atoms with van der Waals surface area (Å²) >= 11 is 0. The number of nitrogens with two attached hydrogens (primary N) is 1. The van der Waals surface area contributed by atoms with Crippen LogP contribution in [0.2, 0.25) is 0 Å². The van der Waals surface area contributed by atoms with Crippen molar-refractivity contribution in [2.75, 3.05) is 48.7 Å². The second kappa shape index (κ2) is 7.15. The van der Waals surface area contributed by atoms with E-state index in [1.165, 1.54) is 5.69 Å². The second-order valence-corrected chi connectivity index (χ2v) is 5.77. The lowest BCUT2D eigenvalue weighted by molar-refractivity contribution is -0.117. The largest absolute Gasteiger partial charge is 0.399 e. The van der Waals surface area contributed by atoms with Crippen LogP contribution in [0.5, 0.6) is 0 Å². The second-order valence-electron chi connectivity index (χ2n) is 5.77. The van der Waals surface area contributed by atoms with E-state index in [0.717, 1.165) is 31.9 Å². The Kier molecular flexibility index (Phi) is 4.78. The number of piperazine rings is 1. The molecule has 1 amide bonds. The Morgan fingerprint density at radius 1 is 0.957 bits per heavy atom. The highest BCUT2D eigenvalue weighted by Gasteiger charge is 2.19. The molecule has 3 rings (SSSR count). The van der Waals surface area contributed by atoms with Gasteiger partial charge in [0.15, 0.2) is 0 Å². The Morgan fingerprint density at radius 3 is 2.26 bits per heavy atom. The van der Waals surface area contributed by atoms with Gasteiger partial charge in [0.05, 0.1) is 6.54 Å². The lowest BCUT2D eigenvalue weighted by atomic mass is 10.2. The number of rotatable bonds is 4. The van der Waals surface area contributed by atoms with Crippen molar-refractivity contribution in [1.29, 1.82) is 0 Å². The van der Waals surface area contributed by atoms with E-state index >= 15 is 0 Å². The highest BCUT2D eigenvalue weighted by molar-refractivity contribution is 5.92. The molecule has 2 aromatic rings. The van der Waals surface area contributed by atoms with E-state index in [-0.39, 0.29) is 5.91 Å². The number of nitrogens with zero attached hydrogens (tertiary/aromatic N) is 2. The molecule has 120 valence electrons. The fraction of sp³-hybridized carbons (Fsp3) is 0.278. The smallest absolute Gasteiger partial charge is 0.238 e. The Morgan fingerprint density at radius 2 is 1.61 bits per heavy atom. The standard InChI is InChI=1S/C18H22N4O/c19-15-6-8-16(9-7-15)20-18(23)14-21-10-12-22(13-11-21)17-4-2-1-3-5-17/h1-9H,10-14,19H2,(H,20,23). The van der Waals surface area contributed by atoms with E-state index in [0.29, 0.717) is 12.2 Å². The fourth-order valence-corrected chi connectivity index (χ4v) is 2.77. The zero-order chi connectivity index (χ0) is 16.1. The van der Waals surface area contributed by atoms with E-state index in [1.54, 1.807) is 12.1 Å². The SMILES string of the molecule is Nc1ccc(NC(=O)CN2CCN(c3ccccc3)CC2)cc1. The first-order valence-corrected chi connectivity index (χ1v) is 7.88. The average molecular weight is 310 g/mol. The maximum absolute atomic E-state index is 12.1. The highest BCUT2D eigenvalue weighted by atomic mass is 16.2. The van der Waals surface area contributed by atoms with E-state index in [2.05, 4.69) is 39.4 Å². The predicted molar refractivity (Wildman–Crippen MR) is 94.6 cm³/mol. The summed E-state index contributed by atoms with van der Waals surface area (Å²) < 4.78 is 0. The molecule has 5 nitrogen and oxygen atoms in total. The maximum Gasteiger partial charge on any atom is 0.238 e. The van der Waals surface area contributed by atoms with Crippen LogP contribution in [0.4, 0.5) is 17.1 Å². The number of benzene rings is 2. The van der Waals surface area contributed by atoms with Crippen molar-refractivity contribution in [1.82, 2.24) is 4.90 Å². The monoisotopic (exact) mass is 310 g/mol. The van der Waals surface area contributed by atoms with Gasteiger partial charge in [-0.25, -0.2) is 0 Å². The molecule has 0 bridgehead atoms. The Hall–Kier alpha value is -2.53. The lowest BCUT2D eigenvalue weighted by Crippen LogP contribution is -2.48. The number of nitrogen functional groups attached to an aromatic ring is 1. The molecule has 0 saturated carbocycles. The van der Waals surface area contributed by atoms with E-state index in [4.69, 9.17) is 5.73 Å². The molecule has 1 saturated heterocycles. The van der Waals surface area contributed by atoms with Crippen LogP contribution >= 0.6 is 0 Å². The number of hydrogen-bond acceptors (Lipinski definition) is 4. The molecule has 23 heavy (non-hydrogen) atoms. The maximum atomic E-state index is 12.1. The molecule has 0 atom stereocenters. The van der Waals surface area contributed by atoms with Crippen LogP contribution < -0.4 is 16.0 Å². The normalized spacial score (nSPS) is 15.4. The summed E-state index contributed by atoms with van der Waals surface area (Å²) in [6.07, 6.45) is 0. The molecular weight excluding hydrogens is 288 g/mol. The zero-order valence-corrected chi connectivity index (χ0v) is 13.1. The van der Waals surface area contributed by atoms with Crippen molar-refractivity contribution in [3.8, 4) is 0 Å². The molecule has 0 aliphatic carbocycles. The molecule has 2 aromatic carbocycles. The van der Waals surface area contributed by atoms with Crippen molar-refractivity contribution in [2.24, 2.45) is 0 Å². The number of amides is 1. The molecule has 0 radical (unpaired) electrons. The van der Waals surface area contributed by atoms with Crippen LogP contribution in [0.1, 0.15) is 0 Å². The van der Waals surface area contributed by atoms with Crippen LogP contribution in [0.25, 0.3) is 0 Å². The summed E-state index contributed by atoms with van der Waals surface area (Å²) in [5.74, 6) is 0.0166. The van der Waals surface area contributed by atoms with Crippen LogP contribution in [0.15, 0.2) is 54.6 Å². The molecule has 0 spiro atoms. The van der Waals surface area contributed by atoms with Gasteiger partial charge in [-0.3, -0.25) is 9.69 Å². The zero-order valence-electron chi connectivity index (χ0n) is 13.1. The molecule has 3 N–H and O–H groups in total. The van der Waals surface area contributed by atoms with Crippen molar-refractivity contribution in [3.05, 3.63) is 54.6 Å². The van der Waals surface area contributed by atoms with Gasteiger partial charge < -0.3 is 16.0 Å². The summed E-state index contributed by atoms with van der Waals surface area (Å²) in [5, 5.41) is 2.91. The Bertz CT molecular complexity index is 634. The van der Waals surface area contributed by atoms with Gasteiger partial charge in [0.25, 0.3) is 0 Å². The third-order valence-corrected chi connectivity index (χ3v) is 4.06. The third kappa shape index (κ3) is 4.23. The van der Waals surface area contributed by atoms with Crippen molar-refractivity contribution in [2.45, 2.75) is 0 Å². The van der Waals surface area contributed by atoms with E-state index in [9.17, 15) is 4.79 Å². The van der Waals surface area contributed by atoms with E-state index < -0.39 is 0 Å². The van der Waals surface area contributed by atoms with Crippen LogP contribution in [-0.2, 0) is 4.79 Å². The van der Waals surface area contributed by atoms with E-state index in [1.807, 2.05) is 18.2 Å². The lowest BCUT2D eigenvalue weighted by Gasteiger charge is -2.35. The quantitative estimate of drug-likeness (QED) is 0.848. The summed E-state index contributed by atoms with van der Waals surface area (Å²) in [7, 11) is 0. The average Bonchev–Trinajstić information content (AvgIpc) is 2.58. The molecule has 1 fully saturated rings. The molecule has 1 heterocycles. The number of carbonyl (C=O) groups is 1. The van der Waals surface area contributed by atoms with Crippen molar-refractivity contribution in [3.63, 3.8) is 0 Å². The van der Waals surface area contributed by atoms with Crippen LogP contribution in [0, 0.1) is 0 Å². The van der Waals surface area contributed by atoms with Gasteiger partial charge in [-0.2, -0.15) is 0 Å². The number of carbonyl (C=O) groups excluding carboxylic acids is 1. The van der Waals surface area contributed by atoms with Gasteiger partial charge in [-0.05, 0) is 36.4 Å². The molecule has 0 unspecified atom stereocenters. The van der Waals surface area contributed by atoms with Crippen molar-refractivity contribution >= 4 is 23.0 Å². The summed E-state index contributed by atoms with van der Waals surface area (Å²) in [6, 6.07) is 17.6. The first kappa shape index (κ1) is 15.4.